The minimum absolute atomic E-state index is 0.0961. The fraction of sp³-hybridized carbons (Fsp3) is 0.381. The van der Waals surface area contributed by atoms with Gasteiger partial charge in [0, 0.05) is 29.6 Å². The minimum Gasteiger partial charge on any atom is -0.497 e. The van der Waals surface area contributed by atoms with Crippen LogP contribution in [-0.2, 0) is 13.0 Å². The van der Waals surface area contributed by atoms with Gasteiger partial charge in [0.1, 0.15) is 5.75 Å². The molecule has 1 amide bonds. The predicted octanol–water partition coefficient (Wildman–Crippen LogP) is 4.02. The second kappa shape index (κ2) is 7.80. The van der Waals surface area contributed by atoms with Crippen LogP contribution in [0, 0.1) is 0 Å². The zero-order chi connectivity index (χ0) is 18.7. The lowest BCUT2D eigenvalue weighted by molar-refractivity contribution is 0.0825. The number of nitrogens with zero attached hydrogens (tertiary/aromatic N) is 1. The van der Waals surface area contributed by atoms with E-state index in [0.717, 1.165) is 24.0 Å². The van der Waals surface area contributed by atoms with Crippen LogP contribution >= 0.6 is 15.9 Å². The number of hydrogen-bond donors (Lipinski definition) is 1. The quantitative estimate of drug-likeness (QED) is 0.799. The first kappa shape index (κ1) is 18.9. The molecule has 138 valence electrons. The van der Waals surface area contributed by atoms with Crippen LogP contribution in [0.5, 0.6) is 5.75 Å². The van der Waals surface area contributed by atoms with E-state index in [4.69, 9.17) is 4.74 Å². The number of halogens is 1. The highest BCUT2D eigenvalue weighted by molar-refractivity contribution is 9.10. The summed E-state index contributed by atoms with van der Waals surface area (Å²) in [6.07, 6.45) is 1.05. The fourth-order valence-electron chi connectivity index (χ4n) is 3.32. The molecule has 2 aromatic rings. The Morgan fingerprint density at radius 1 is 1.23 bits per heavy atom. The van der Waals surface area contributed by atoms with Gasteiger partial charge in [0.05, 0.1) is 12.7 Å². The van der Waals surface area contributed by atoms with E-state index in [-0.39, 0.29) is 11.4 Å². The van der Waals surface area contributed by atoms with Crippen molar-refractivity contribution in [3.8, 4) is 5.75 Å². The Kier molecular flexibility index (Phi) is 5.68. The summed E-state index contributed by atoms with van der Waals surface area (Å²) in [6.45, 7) is 6.87. The molecule has 0 bridgehead atoms. The summed E-state index contributed by atoms with van der Waals surface area (Å²) in [5.41, 5.74) is 3.27. The smallest absolute Gasteiger partial charge is 0.252 e. The van der Waals surface area contributed by atoms with Crippen LogP contribution in [0.15, 0.2) is 46.9 Å². The fourth-order valence-corrected chi connectivity index (χ4v) is 3.75. The number of methoxy groups -OCH3 is 1. The van der Waals surface area contributed by atoms with Gasteiger partial charge in [0.25, 0.3) is 5.91 Å². The number of ether oxygens (including phenoxy) is 1. The van der Waals surface area contributed by atoms with Gasteiger partial charge in [-0.15, -0.1) is 0 Å². The number of fused-ring (bicyclic) bond motifs is 1. The van der Waals surface area contributed by atoms with Gasteiger partial charge in [-0.05, 0) is 65.5 Å². The minimum atomic E-state index is -0.130. The van der Waals surface area contributed by atoms with Crippen molar-refractivity contribution in [1.82, 2.24) is 10.2 Å². The van der Waals surface area contributed by atoms with Crippen molar-refractivity contribution in [2.24, 2.45) is 0 Å². The van der Waals surface area contributed by atoms with Crippen molar-refractivity contribution >= 4 is 21.8 Å². The Balaban J connectivity index is 1.66. The van der Waals surface area contributed by atoms with Crippen LogP contribution in [0.3, 0.4) is 0 Å². The number of rotatable bonds is 5. The zero-order valence-electron chi connectivity index (χ0n) is 15.5. The van der Waals surface area contributed by atoms with E-state index in [2.05, 4.69) is 64.3 Å². The van der Waals surface area contributed by atoms with E-state index in [0.29, 0.717) is 17.9 Å². The van der Waals surface area contributed by atoms with E-state index in [9.17, 15) is 4.79 Å². The maximum Gasteiger partial charge on any atom is 0.252 e. The molecular formula is C21H25BrN2O2. The molecule has 5 heteroatoms. The number of hydrogen-bond acceptors (Lipinski definition) is 3. The van der Waals surface area contributed by atoms with Gasteiger partial charge in [0.2, 0.25) is 0 Å². The van der Waals surface area contributed by atoms with E-state index in [1.807, 2.05) is 12.1 Å². The number of nitrogens with one attached hydrogen (secondary N) is 1. The second-order valence-electron chi connectivity index (χ2n) is 7.28. The molecule has 3 rings (SSSR count). The van der Waals surface area contributed by atoms with Crippen LogP contribution < -0.4 is 10.1 Å². The first-order valence-electron chi connectivity index (χ1n) is 8.84. The van der Waals surface area contributed by atoms with Crippen LogP contribution in [0.4, 0.5) is 0 Å². The van der Waals surface area contributed by atoms with Gasteiger partial charge >= 0.3 is 0 Å². The van der Waals surface area contributed by atoms with Crippen molar-refractivity contribution in [1.29, 1.82) is 0 Å². The molecule has 0 aromatic heterocycles. The first-order valence-corrected chi connectivity index (χ1v) is 9.63. The zero-order valence-corrected chi connectivity index (χ0v) is 17.1. The molecule has 0 saturated heterocycles. The maximum atomic E-state index is 12.6. The summed E-state index contributed by atoms with van der Waals surface area (Å²) in [4.78, 5) is 15.1. The van der Waals surface area contributed by atoms with E-state index in [1.165, 1.54) is 11.1 Å². The van der Waals surface area contributed by atoms with Gasteiger partial charge in [-0.25, -0.2) is 0 Å². The number of amides is 1. The Morgan fingerprint density at radius 3 is 2.69 bits per heavy atom. The van der Waals surface area contributed by atoms with Gasteiger partial charge < -0.3 is 10.1 Å². The number of carbonyl (C=O) groups excluding carboxylic acids is 1. The molecule has 0 fully saturated rings. The molecule has 26 heavy (non-hydrogen) atoms. The van der Waals surface area contributed by atoms with Crippen molar-refractivity contribution in [2.75, 3.05) is 20.2 Å². The molecule has 1 aliphatic heterocycles. The standard InChI is InChI=1S/C21H25BrN2O2/c1-21(2,24-11-10-15-6-4-5-7-16(15)13-24)14-23-20(25)18-12-17(26-3)8-9-19(18)22/h4-9,12H,10-11,13-14H2,1-3H3,(H,23,25). The van der Waals surface area contributed by atoms with E-state index >= 15 is 0 Å². The topological polar surface area (TPSA) is 41.6 Å². The van der Waals surface area contributed by atoms with E-state index < -0.39 is 0 Å². The van der Waals surface area contributed by atoms with Crippen LogP contribution in [0.25, 0.3) is 0 Å². The van der Waals surface area contributed by atoms with Crippen molar-refractivity contribution < 1.29 is 9.53 Å². The Morgan fingerprint density at radius 2 is 1.96 bits per heavy atom. The average molecular weight is 417 g/mol. The van der Waals surface area contributed by atoms with Crippen molar-refractivity contribution in [2.45, 2.75) is 32.4 Å². The highest BCUT2D eigenvalue weighted by Crippen LogP contribution is 2.26. The Labute approximate surface area is 163 Å². The van der Waals surface area contributed by atoms with Crippen LogP contribution in [0.2, 0.25) is 0 Å². The average Bonchev–Trinajstić information content (AvgIpc) is 2.66. The monoisotopic (exact) mass is 416 g/mol. The third-order valence-electron chi connectivity index (χ3n) is 5.09. The molecule has 4 nitrogen and oxygen atoms in total. The van der Waals surface area contributed by atoms with Gasteiger partial charge in [-0.2, -0.15) is 0 Å². The highest BCUT2D eigenvalue weighted by atomic mass is 79.9. The maximum absolute atomic E-state index is 12.6. The largest absolute Gasteiger partial charge is 0.497 e. The Hall–Kier alpha value is -1.85. The molecular weight excluding hydrogens is 392 g/mol. The normalized spacial score (nSPS) is 14.6. The summed E-state index contributed by atoms with van der Waals surface area (Å²) in [5, 5.41) is 3.09. The number of carbonyl (C=O) groups is 1. The summed E-state index contributed by atoms with van der Waals surface area (Å²) < 4.78 is 5.99. The highest BCUT2D eigenvalue weighted by Gasteiger charge is 2.30. The number of benzene rings is 2. The van der Waals surface area contributed by atoms with E-state index in [1.54, 1.807) is 13.2 Å². The SMILES string of the molecule is COc1ccc(Br)c(C(=O)NCC(C)(C)N2CCc3ccccc3C2)c1. The molecule has 1 N–H and O–H groups in total. The Bertz CT molecular complexity index is 804. The first-order chi connectivity index (χ1) is 12.4. The van der Waals surface area contributed by atoms with Crippen LogP contribution in [0.1, 0.15) is 35.3 Å². The molecule has 0 radical (unpaired) electrons. The van der Waals surface area contributed by atoms with Crippen molar-refractivity contribution in [3.05, 3.63) is 63.6 Å². The summed E-state index contributed by atoms with van der Waals surface area (Å²) >= 11 is 3.45. The van der Waals surface area contributed by atoms with Gasteiger partial charge in [0.15, 0.2) is 0 Å². The third-order valence-corrected chi connectivity index (χ3v) is 5.78. The molecule has 1 heterocycles. The molecule has 0 unspecified atom stereocenters. The van der Waals surface area contributed by atoms with Gasteiger partial charge in [-0.3, -0.25) is 9.69 Å². The summed E-state index contributed by atoms with van der Waals surface area (Å²) in [6, 6.07) is 14.0. The van der Waals surface area contributed by atoms with Gasteiger partial charge in [-0.1, -0.05) is 24.3 Å². The lowest BCUT2D eigenvalue weighted by atomic mass is 9.94. The summed E-state index contributed by atoms with van der Waals surface area (Å²) in [7, 11) is 1.60. The lowest BCUT2D eigenvalue weighted by Gasteiger charge is -2.41. The lowest BCUT2D eigenvalue weighted by Crippen LogP contribution is -2.53. The molecule has 1 aliphatic rings. The summed E-state index contributed by atoms with van der Waals surface area (Å²) in [5.74, 6) is 0.575. The van der Waals surface area contributed by atoms with Crippen LogP contribution in [-0.4, -0.2) is 36.5 Å². The molecule has 0 aliphatic carbocycles. The third kappa shape index (κ3) is 4.10. The van der Waals surface area contributed by atoms with Crippen molar-refractivity contribution in [3.63, 3.8) is 0 Å². The molecule has 2 aromatic carbocycles. The second-order valence-corrected chi connectivity index (χ2v) is 8.14. The molecule has 0 spiro atoms. The predicted molar refractivity (Wildman–Crippen MR) is 108 cm³/mol. The molecule has 0 atom stereocenters. The molecule has 0 saturated carbocycles.